The zero-order chi connectivity index (χ0) is 62.8. The predicted octanol–water partition coefficient (Wildman–Crippen LogP) is -3.07. The summed E-state index contributed by atoms with van der Waals surface area (Å²) < 4.78 is 16.5. The Morgan fingerprint density at radius 1 is 0.779 bits per heavy atom. The zero-order valence-corrected chi connectivity index (χ0v) is 47.4. The maximum atomic E-state index is 14.7. The van der Waals surface area contributed by atoms with Gasteiger partial charge in [0.1, 0.15) is 66.0 Å². The van der Waals surface area contributed by atoms with Crippen molar-refractivity contribution in [3.63, 3.8) is 0 Å². The molecule has 3 fully saturated rings. The number of nitrogens with zero attached hydrogens (tertiary/aromatic N) is 3. The number of ether oxygens (including phenoxy) is 2. The number of carbonyl (C=O) groups is 8. The first-order valence-corrected chi connectivity index (χ1v) is 27.9. The molecule has 4 aromatic rings. The van der Waals surface area contributed by atoms with E-state index in [1.165, 1.54) is 31.2 Å². The lowest BCUT2D eigenvalue weighted by Crippen LogP contribution is -2.64. The van der Waals surface area contributed by atoms with Crippen molar-refractivity contribution in [1.82, 2.24) is 41.5 Å². The second kappa shape index (κ2) is 28.7. The van der Waals surface area contributed by atoms with Crippen molar-refractivity contribution in [3.05, 3.63) is 83.9 Å². The molecule has 3 aliphatic heterocycles. The summed E-state index contributed by atoms with van der Waals surface area (Å²) in [4.78, 5) is 115. The Morgan fingerprint density at radius 3 is 2.08 bits per heavy atom. The number of nitrogens with two attached hydrogens (primary N) is 1. The summed E-state index contributed by atoms with van der Waals surface area (Å²) in [6.45, 7) is 3.98. The summed E-state index contributed by atoms with van der Waals surface area (Å²) in [5, 5.41) is 117. The van der Waals surface area contributed by atoms with Gasteiger partial charge in [-0.2, -0.15) is 0 Å². The molecule has 1 aromatic heterocycles. The van der Waals surface area contributed by atoms with Crippen LogP contribution >= 0.6 is 0 Å². The molecular formula is C57H73N9O20. The average Bonchev–Trinajstić information content (AvgIpc) is 2.58. The Hall–Kier alpha value is -8.29. The van der Waals surface area contributed by atoms with Crippen LogP contribution in [0.15, 0.2) is 77.3 Å². The number of nitrogens with one attached hydrogen (secondary N) is 5. The first kappa shape index (κ1) is 65.3. The van der Waals surface area contributed by atoms with Crippen molar-refractivity contribution >= 4 is 47.3 Å². The number of fused-ring (bicyclic) bond motifs is 2. The molecular weight excluding hydrogens is 1130 g/mol. The molecule has 0 radical (unpaired) electrons. The van der Waals surface area contributed by atoms with Gasteiger partial charge in [-0.05, 0) is 67.4 Å². The van der Waals surface area contributed by atoms with Gasteiger partial charge in [-0.25, -0.2) is 0 Å². The summed E-state index contributed by atoms with van der Waals surface area (Å²) >= 11 is 0. The Kier molecular flexibility index (Phi) is 21.8. The van der Waals surface area contributed by atoms with Gasteiger partial charge in [-0.1, -0.05) is 50.0 Å². The molecule has 0 aliphatic carbocycles. The van der Waals surface area contributed by atoms with Crippen LogP contribution in [0.5, 0.6) is 17.2 Å². The molecule has 8 amide bonds. The van der Waals surface area contributed by atoms with E-state index in [1.807, 2.05) is 12.1 Å². The lowest BCUT2D eigenvalue weighted by atomic mass is 9.96. The number of rotatable bonds is 17. The number of aromatic nitrogens is 1. The summed E-state index contributed by atoms with van der Waals surface area (Å²) in [5.41, 5.74) is 6.66. The molecule has 4 heterocycles. The van der Waals surface area contributed by atoms with Crippen LogP contribution in [-0.4, -0.2) is 214 Å². The van der Waals surface area contributed by atoms with Crippen molar-refractivity contribution in [2.45, 2.75) is 145 Å². The van der Waals surface area contributed by atoms with Crippen LogP contribution in [0, 0.1) is 5.92 Å². The number of carbonyl (C=O) groups excluding carboxylic acids is 8. The zero-order valence-electron chi connectivity index (χ0n) is 47.4. The van der Waals surface area contributed by atoms with Crippen LogP contribution in [0.1, 0.15) is 81.3 Å². The number of aromatic hydroxyl groups is 1. The van der Waals surface area contributed by atoms with Crippen LogP contribution in [0.25, 0.3) is 22.6 Å². The molecule has 3 aromatic carbocycles. The van der Waals surface area contributed by atoms with Crippen molar-refractivity contribution < 1.29 is 98.3 Å². The minimum Gasteiger partial charge on any atom is -0.504 e. The van der Waals surface area contributed by atoms with Crippen LogP contribution in [-0.2, 0) is 33.6 Å². The lowest BCUT2D eigenvalue weighted by Gasteiger charge is -2.34. The number of aliphatic hydroxyl groups is 8. The van der Waals surface area contributed by atoms with Crippen LogP contribution in [0.3, 0.4) is 0 Å². The van der Waals surface area contributed by atoms with Crippen molar-refractivity contribution in [2.24, 2.45) is 11.7 Å². The quantitative estimate of drug-likeness (QED) is 0.0466. The monoisotopic (exact) mass is 1200 g/mol. The summed E-state index contributed by atoms with van der Waals surface area (Å²) in [7, 11) is 1.16. The smallest absolute Gasteiger partial charge is 0.251 e. The largest absolute Gasteiger partial charge is 0.504 e. The van der Waals surface area contributed by atoms with E-state index in [-0.39, 0.29) is 16.9 Å². The van der Waals surface area contributed by atoms with E-state index in [9.17, 15) is 84.3 Å². The van der Waals surface area contributed by atoms with Gasteiger partial charge >= 0.3 is 0 Å². The number of amides is 8. The number of hydrogen-bond donors (Lipinski definition) is 15. The van der Waals surface area contributed by atoms with Crippen LogP contribution < -0.4 is 41.8 Å². The normalized spacial score (nSPS) is 26.8. The number of benzene rings is 3. The molecule has 86 heavy (non-hydrogen) atoms. The Bertz CT molecular complexity index is 3070. The number of aliphatic hydroxyl groups excluding tert-OH is 8. The number of phenols is 1. The van der Waals surface area contributed by atoms with E-state index >= 15 is 0 Å². The Labute approximate surface area is 492 Å². The van der Waals surface area contributed by atoms with E-state index in [1.54, 1.807) is 18.2 Å². The van der Waals surface area contributed by atoms with E-state index in [0.29, 0.717) is 44.7 Å². The second-order valence-electron chi connectivity index (χ2n) is 21.6. The van der Waals surface area contributed by atoms with Crippen LogP contribution in [0.2, 0.25) is 0 Å². The van der Waals surface area contributed by atoms with Gasteiger partial charge in [0.2, 0.25) is 41.4 Å². The van der Waals surface area contributed by atoms with Crippen molar-refractivity contribution in [1.29, 1.82) is 0 Å². The highest BCUT2D eigenvalue weighted by Gasteiger charge is 2.51. The summed E-state index contributed by atoms with van der Waals surface area (Å²) in [5.74, 6) is -10.8. The third-order valence-electron chi connectivity index (χ3n) is 15.2. The van der Waals surface area contributed by atoms with E-state index in [0.717, 1.165) is 51.5 Å². The van der Waals surface area contributed by atoms with E-state index < -0.39 is 176 Å². The minimum absolute atomic E-state index is 0.0754. The maximum absolute atomic E-state index is 14.7. The molecule has 29 nitrogen and oxygen atoms in total. The van der Waals surface area contributed by atoms with Crippen molar-refractivity contribution in [3.8, 4) is 39.8 Å². The topological polar surface area (TPSA) is 456 Å². The molecule has 0 bridgehead atoms. The third-order valence-corrected chi connectivity index (χ3v) is 15.2. The lowest BCUT2D eigenvalue weighted by molar-refractivity contribution is -0.149. The highest BCUT2D eigenvalue weighted by Crippen LogP contribution is 2.33. The molecule has 0 unspecified atom stereocenters. The van der Waals surface area contributed by atoms with Gasteiger partial charge in [-0.15, -0.1) is 0 Å². The van der Waals surface area contributed by atoms with Gasteiger partial charge in [0, 0.05) is 54.6 Å². The number of methoxy groups -OCH3 is 1. The van der Waals surface area contributed by atoms with Crippen molar-refractivity contribution in [2.75, 3.05) is 26.8 Å². The molecule has 16 N–H and O–H groups in total. The number of primary amides is 1. The molecule has 29 heteroatoms. The molecule has 15 atom stereocenters. The van der Waals surface area contributed by atoms with Gasteiger partial charge in [0.05, 0.1) is 44.6 Å². The van der Waals surface area contributed by atoms with Gasteiger partial charge in [0.25, 0.3) is 5.91 Å². The summed E-state index contributed by atoms with van der Waals surface area (Å²) in [6, 6.07) is 5.35. The maximum Gasteiger partial charge on any atom is 0.251 e. The molecule has 3 aliphatic rings. The average molecular weight is 1200 g/mol. The SMILES string of the molecule is CCCCCOc1ccc(-c2cc(-c3ccc(C(=O)N[C@H]4C[C@@H](O)[C@@H](O)NC(=O)[C@@H]5[C@@H](O)[C@@H](C)CN5C(=O)[C@H]([C@H](O)CC(N)=O)NC(=O)[C@H]([C@H](O)[C@@H](O)c5ccc(O)c(OC)c5)NC(=O)[C@@H]5C[C@@H](O)CN5C(=O)[C@H]([C@@H](C)O)NC4=O)cc3)no2)cc1. The Morgan fingerprint density at radius 2 is 1.43 bits per heavy atom. The Balaban J connectivity index is 1.22. The third kappa shape index (κ3) is 15.4. The van der Waals surface area contributed by atoms with Crippen LogP contribution in [0.4, 0.5) is 0 Å². The molecule has 0 saturated carbocycles. The minimum atomic E-state index is -2.46. The highest BCUT2D eigenvalue weighted by atomic mass is 16.5. The number of hydrogen-bond acceptors (Lipinski definition) is 21. The molecule has 0 spiro atoms. The molecule has 3 saturated heterocycles. The van der Waals surface area contributed by atoms with Gasteiger partial charge in [0.15, 0.2) is 23.5 Å². The van der Waals surface area contributed by atoms with E-state index in [2.05, 4.69) is 38.7 Å². The first-order chi connectivity index (χ1) is 40.8. The fourth-order valence-corrected chi connectivity index (χ4v) is 10.3. The second-order valence-corrected chi connectivity index (χ2v) is 21.6. The summed E-state index contributed by atoms with van der Waals surface area (Å²) in [6.07, 6.45) is -16.1. The molecule has 7 rings (SSSR count). The highest BCUT2D eigenvalue weighted by molar-refractivity contribution is 6.00. The number of phenolic OH excluding ortho intramolecular Hbond substituents is 1. The molecule has 466 valence electrons. The van der Waals surface area contributed by atoms with Gasteiger partial charge in [-0.3, -0.25) is 38.4 Å². The fourth-order valence-electron chi connectivity index (χ4n) is 10.3. The number of unbranched alkanes of at least 4 members (excludes halogenated alkanes) is 2. The van der Waals surface area contributed by atoms with E-state index in [4.69, 9.17) is 19.7 Å². The first-order valence-electron chi connectivity index (χ1n) is 27.9. The predicted molar refractivity (Wildman–Crippen MR) is 298 cm³/mol. The van der Waals surface area contributed by atoms with Gasteiger partial charge < -0.3 is 102 Å². The fraction of sp³-hybridized carbons (Fsp3) is 0.491. The standard InChI is InChI=1S/C57H73N9O20/c1-5-6-7-18-85-33-15-12-29(13-16-33)40-22-34(64-86-40)28-8-10-30(11-9-28)50(76)59-35-21-39(71)53(79)63-55(81)46-47(73)26(2)24-66(46)57(83)44(38(70)23-42(58)72)61-54(80)45(49(75)48(74)31-14-17-37(69)41(19-31)84-4)62-52(78)36-20-32(68)25-65(36)56(82)43(27(3)67)60-51(35)77/h8-17,19,22,26-27,32,35-36,38-39,43-49,53,67-71,73-75,79H,5-7,18,20-21,23-25H2,1-4H3,(H2,58,72)(H,59,76)(H,60,77)(H,61,80)(H,62,78)(H,63,81)/t26-,27+,32+,35-,36-,38+,39+,43-,44-,45-,46-,47-,48-,49-,53+/m0/s1.